The van der Waals surface area contributed by atoms with Crippen molar-refractivity contribution < 1.29 is 4.74 Å². The summed E-state index contributed by atoms with van der Waals surface area (Å²) in [6.45, 7) is 2.12. The van der Waals surface area contributed by atoms with Crippen molar-refractivity contribution in [3.63, 3.8) is 0 Å². The number of hydrogen-bond acceptors (Lipinski definition) is 4. The molecular weight excluding hydrogens is 274 g/mol. The molecule has 0 amide bonds. The lowest BCUT2D eigenvalue weighted by atomic mass is 9.79. The minimum Gasteiger partial charge on any atom is -0.385 e. The summed E-state index contributed by atoms with van der Waals surface area (Å²) in [6.07, 6.45) is 8.05. The summed E-state index contributed by atoms with van der Waals surface area (Å²) < 4.78 is 5.57. The molecule has 0 bridgehead atoms. The number of methoxy groups -OCH3 is 1. The Bertz CT molecular complexity index is 561. The molecule has 1 aromatic rings. The maximum atomic E-state index is 6.82. The van der Waals surface area contributed by atoms with Crippen LogP contribution < -0.4 is 16.4 Å². The third-order valence-electron chi connectivity index (χ3n) is 5.23. The zero-order valence-electron chi connectivity index (χ0n) is 13.6. The van der Waals surface area contributed by atoms with Crippen LogP contribution in [0.5, 0.6) is 0 Å². The van der Waals surface area contributed by atoms with E-state index in [0.717, 1.165) is 11.3 Å². The van der Waals surface area contributed by atoms with Crippen molar-refractivity contribution in [2.75, 3.05) is 12.0 Å². The number of benzene rings is 1. The van der Waals surface area contributed by atoms with Crippen LogP contribution in [0.3, 0.4) is 0 Å². The molecule has 1 aliphatic carbocycles. The summed E-state index contributed by atoms with van der Waals surface area (Å²) in [7, 11) is 1.71. The van der Waals surface area contributed by atoms with Crippen molar-refractivity contribution in [3.05, 3.63) is 41.7 Å². The predicted molar refractivity (Wildman–Crippen MR) is 90.1 cm³/mol. The summed E-state index contributed by atoms with van der Waals surface area (Å²) in [5.74, 6) is 1.15. The fourth-order valence-electron chi connectivity index (χ4n) is 3.99. The molecule has 2 unspecified atom stereocenters. The van der Waals surface area contributed by atoms with Gasteiger partial charge in [0.1, 0.15) is 11.9 Å². The lowest BCUT2D eigenvalue weighted by molar-refractivity contribution is 0.138. The van der Waals surface area contributed by atoms with Gasteiger partial charge >= 0.3 is 0 Å². The summed E-state index contributed by atoms with van der Waals surface area (Å²) >= 11 is 0. The molecule has 120 valence electrons. The second kappa shape index (κ2) is 5.94. The van der Waals surface area contributed by atoms with Crippen LogP contribution in [0.15, 0.2) is 36.2 Å². The van der Waals surface area contributed by atoms with E-state index in [4.69, 9.17) is 16.2 Å². The average molecular weight is 301 g/mol. The highest BCUT2D eigenvalue weighted by Crippen LogP contribution is 2.42. The first kappa shape index (κ1) is 15.4. The first-order chi connectivity index (χ1) is 10.6. The summed E-state index contributed by atoms with van der Waals surface area (Å²) in [6, 6.07) is 8.26. The van der Waals surface area contributed by atoms with E-state index >= 15 is 0 Å². The van der Waals surface area contributed by atoms with Gasteiger partial charge in [-0.2, -0.15) is 0 Å². The van der Waals surface area contributed by atoms with E-state index in [1.807, 2.05) is 18.2 Å². The molecule has 2 aliphatic rings. The van der Waals surface area contributed by atoms with Gasteiger partial charge in [0.05, 0.1) is 11.4 Å². The number of para-hydroxylation sites is 1. The zero-order chi connectivity index (χ0) is 15.7. The van der Waals surface area contributed by atoms with Gasteiger partial charge < -0.3 is 21.1 Å². The van der Waals surface area contributed by atoms with E-state index in [9.17, 15) is 0 Å². The molecule has 1 saturated carbocycles. The van der Waals surface area contributed by atoms with Crippen molar-refractivity contribution in [2.45, 2.75) is 50.8 Å². The van der Waals surface area contributed by atoms with Gasteiger partial charge in [-0.05, 0) is 37.8 Å². The van der Waals surface area contributed by atoms with Crippen molar-refractivity contribution in [3.8, 4) is 0 Å². The van der Waals surface area contributed by atoms with Gasteiger partial charge in [-0.3, -0.25) is 0 Å². The Hall–Kier alpha value is -1.52. The van der Waals surface area contributed by atoms with Crippen molar-refractivity contribution in [1.29, 1.82) is 0 Å². The van der Waals surface area contributed by atoms with Crippen LogP contribution in [0.2, 0.25) is 0 Å². The Morgan fingerprint density at radius 1 is 1.18 bits per heavy atom. The Labute approximate surface area is 133 Å². The number of ether oxygens (including phenoxy) is 1. The van der Waals surface area contributed by atoms with Crippen molar-refractivity contribution >= 4 is 5.69 Å². The number of hydrogen-bond donors (Lipinski definition) is 2. The summed E-state index contributed by atoms with van der Waals surface area (Å²) in [4.78, 5) is 2.12. The fraction of sp³-hybridized carbons (Fsp3) is 0.556. The molecule has 2 atom stereocenters. The largest absolute Gasteiger partial charge is 0.385 e. The van der Waals surface area contributed by atoms with E-state index in [1.54, 1.807) is 7.11 Å². The average Bonchev–Trinajstić information content (AvgIpc) is 2.54. The first-order valence-electron chi connectivity index (χ1n) is 8.24. The molecule has 1 heterocycles. The molecule has 1 aromatic carbocycles. The van der Waals surface area contributed by atoms with E-state index in [2.05, 4.69) is 24.0 Å². The van der Waals surface area contributed by atoms with Crippen LogP contribution >= 0.6 is 0 Å². The van der Waals surface area contributed by atoms with Gasteiger partial charge in [0.25, 0.3) is 0 Å². The topological polar surface area (TPSA) is 64.5 Å². The van der Waals surface area contributed by atoms with E-state index in [0.29, 0.717) is 11.7 Å². The minimum atomic E-state index is -0.476. The minimum absolute atomic E-state index is 0.102. The number of anilines is 1. The van der Waals surface area contributed by atoms with Crippen LogP contribution in [0, 0.1) is 5.92 Å². The number of nitrogens with zero attached hydrogens (tertiary/aromatic N) is 1. The second-order valence-corrected chi connectivity index (χ2v) is 6.70. The lowest BCUT2D eigenvalue weighted by Crippen LogP contribution is -2.61. The fourth-order valence-corrected chi connectivity index (χ4v) is 3.99. The molecule has 22 heavy (non-hydrogen) atoms. The highest BCUT2D eigenvalue weighted by atomic mass is 16.5. The highest BCUT2D eigenvalue weighted by molar-refractivity contribution is 5.64. The van der Waals surface area contributed by atoms with E-state index in [1.165, 1.54) is 32.1 Å². The number of nitrogens with two attached hydrogens (primary N) is 2. The lowest BCUT2D eigenvalue weighted by Gasteiger charge is -2.48. The third-order valence-corrected chi connectivity index (χ3v) is 5.23. The van der Waals surface area contributed by atoms with E-state index < -0.39 is 5.66 Å². The smallest absolute Gasteiger partial charge is 0.106 e. The van der Waals surface area contributed by atoms with Crippen LogP contribution in [0.4, 0.5) is 5.69 Å². The van der Waals surface area contributed by atoms with Gasteiger partial charge in [-0.1, -0.05) is 37.5 Å². The first-order valence-corrected chi connectivity index (χ1v) is 8.24. The number of fused-ring (bicyclic) bond motifs is 1. The van der Waals surface area contributed by atoms with Gasteiger partial charge in [0, 0.05) is 12.7 Å². The predicted octanol–water partition coefficient (Wildman–Crippen LogP) is 3.25. The molecule has 0 aromatic heterocycles. The monoisotopic (exact) mass is 301 g/mol. The normalized spacial score (nSPS) is 25.3. The standard InChI is InChI=1S/C18H27N3O/c1-18(20,13-8-4-3-5-9-13)21-15-11-7-6-10-14(15)16(22-2)12-17(21)19/h6-7,10-13,16H,3-5,8-9,19-20H2,1-2H3. The maximum Gasteiger partial charge on any atom is 0.106 e. The van der Waals surface area contributed by atoms with Crippen molar-refractivity contribution in [2.24, 2.45) is 17.4 Å². The number of rotatable bonds is 3. The third kappa shape index (κ3) is 2.50. The second-order valence-electron chi connectivity index (χ2n) is 6.70. The molecule has 4 N–H and O–H groups in total. The zero-order valence-corrected chi connectivity index (χ0v) is 13.6. The SMILES string of the molecule is COC1C=C(N)N(C(C)(N)C2CCCCC2)c2ccccc21. The molecule has 4 heteroatoms. The Morgan fingerprint density at radius 3 is 2.55 bits per heavy atom. The highest BCUT2D eigenvalue weighted by Gasteiger charge is 2.41. The van der Waals surface area contributed by atoms with Gasteiger partial charge in [0.15, 0.2) is 0 Å². The quantitative estimate of drug-likeness (QED) is 0.899. The van der Waals surface area contributed by atoms with Gasteiger partial charge in [0.2, 0.25) is 0 Å². The molecule has 4 nitrogen and oxygen atoms in total. The van der Waals surface area contributed by atoms with Crippen molar-refractivity contribution in [1.82, 2.24) is 0 Å². The van der Waals surface area contributed by atoms with E-state index in [-0.39, 0.29) is 6.10 Å². The van der Waals surface area contributed by atoms with Gasteiger partial charge in [-0.15, -0.1) is 0 Å². The Kier molecular flexibility index (Phi) is 4.15. The van der Waals surface area contributed by atoms with Crippen LogP contribution in [0.1, 0.15) is 50.7 Å². The molecule has 1 fully saturated rings. The Balaban J connectivity index is 2.01. The molecule has 0 saturated heterocycles. The molecule has 3 rings (SSSR count). The van der Waals surface area contributed by atoms with Gasteiger partial charge in [-0.25, -0.2) is 0 Å². The summed E-state index contributed by atoms with van der Waals surface area (Å²) in [5, 5.41) is 0. The molecule has 0 radical (unpaired) electrons. The van der Waals surface area contributed by atoms with Crippen LogP contribution in [0.25, 0.3) is 0 Å². The molecule has 0 spiro atoms. The molecule has 1 aliphatic heterocycles. The maximum absolute atomic E-state index is 6.82. The Morgan fingerprint density at radius 2 is 1.86 bits per heavy atom. The van der Waals surface area contributed by atoms with Crippen LogP contribution in [-0.4, -0.2) is 12.8 Å². The summed E-state index contributed by atoms with van der Waals surface area (Å²) in [5.41, 5.74) is 14.9. The molecular formula is C18H27N3O. The van der Waals surface area contributed by atoms with Crippen LogP contribution in [-0.2, 0) is 4.74 Å².